The van der Waals surface area contributed by atoms with Crippen LogP contribution in [0.25, 0.3) is 0 Å². The van der Waals surface area contributed by atoms with E-state index in [2.05, 4.69) is 5.32 Å². The van der Waals surface area contributed by atoms with Crippen LogP contribution in [0.5, 0.6) is 0 Å². The van der Waals surface area contributed by atoms with Crippen LogP contribution in [0.15, 0.2) is 18.2 Å². The van der Waals surface area contributed by atoms with Crippen molar-refractivity contribution in [3.05, 3.63) is 23.8 Å². The summed E-state index contributed by atoms with van der Waals surface area (Å²) in [7, 11) is 2.97. The standard InChI is InChI=1S/C12H17F3N2O2/c1-18-7-9(19-2)6-17-11-4-3-8(16)5-10(11)12(13,14)15/h3-5,9,17H,6-7,16H2,1-2H3. The van der Waals surface area contributed by atoms with Crippen LogP contribution >= 0.6 is 0 Å². The van der Waals surface area contributed by atoms with Crippen molar-refractivity contribution in [2.24, 2.45) is 0 Å². The minimum Gasteiger partial charge on any atom is -0.399 e. The van der Waals surface area contributed by atoms with Gasteiger partial charge in [-0.05, 0) is 18.2 Å². The molecule has 4 nitrogen and oxygen atoms in total. The Morgan fingerprint density at radius 1 is 1.32 bits per heavy atom. The fourth-order valence-electron chi connectivity index (χ4n) is 1.57. The molecular formula is C12H17F3N2O2. The average molecular weight is 278 g/mol. The molecule has 0 fully saturated rings. The molecule has 0 aromatic heterocycles. The summed E-state index contributed by atoms with van der Waals surface area (Å²) in [5.74, 6) is 0. The fourth-order valence-corrected chi connectivity index (χ4v) is 1.57. The molecule has 0 bridgehead atoms. The zero-order chi connectivity index (χ0) is 14.5. The molecule has 0 aliphatic rings. The van der Waals surface area contributed by atoms with Crippen molar-refractivity contribution in [1.82, 2.24) is 0 Å². The van der Waals surface area contributed by atoms with Gasteiger partial charge in [0.05, 0.1) is 18.3 Å². The summed E-state index contributed by atoms with van der Waals surface area (Å²) >= 11 is 0. The van der Waals surface area contributed by atoms with Crippen LogP contribution in [-0.4, -0.2) is 33.5 Å². The number of ether oxygens (including phenoxy) is 2. The highest BCUT2D eigenvalue weighted by molar-refractivity contribution is 5.59. The van der Waals surface area contributed by atoms with Crippen molar-refractivity contribution in [3.8, 4) is 0 Å². The summed E-state index contributed by atoms with van der Waals surface area (Å²) < 4.78 is 48.5. The van der Waals surface area contributed by atoms with Crippen LogP contribution in [0.2, 0.25) is 0 Å². The molecule has 19 heavy (non-hydrogen) atoms. The number of halogens is 3. The van der Waals surface area contributed by atoms with Crippen LogP contribution < -0.4 is 11.1 Å². The molecule has 0 aliphatic carbocycles. The lowest BCUT2D eigenvalue weighted by Crippen LogP contribution is -2.27. The van der Waals surface area contributed by atoms with Gasteiger partial charge in [-0.3, -0.25) is 0 Å². The van der Waals surface area contributed by atoms with E-state index in [9.17, 15) is 13.2 Å². The van der Waals surface area contributed by atoms with Gasteiger partial charge in [-0.1, -0.05) is 0 Å². The van der Waals surface area contributed by atoms with E-state index in [-0.39, 0.29) is 24.0 Å². The number of nitrogens with one attached hydrogen (secondary N) is 1. The van der Waals surface area contributed by atoms with Crippen LogP contribution in [-0.2, 0) is 15.7 Å². The van der Waals surface area contributed by atoms with Crippen LogP contribution in [0.4, 0.5) is 24.5 Å². The van der Waals surface area contributed by atoms with Crippen LogP contribution in [0, 0.1) is 0 Å². The molecule has 7 heteroatoms. The SMILES string of the molecule is COCC(CNc1ccc(N)cc1C(F)(F)F)OC. The summed E-state index contributed by atoms with van der Waals surface area (Å²) in [6.07, 6.45) is -4.79. The van der Waals surface area contributed by atoms with Crippen molar-refractivity contribution >= 4 is 11.4 Å². The molecule has 3 N–H and O–H groups in total. The van der Waals surface area contributed by atoms with Gasteiger partial charge in [0.25, 0.3) is 0 Å². The number of alkyl halides is 3. The molecule has 0 heterocycles. The summed E-state index contributed by atoms with van der Waals surface area (Å²) in [5.41, 5.74) is 4.63. The van der Waals surface area contributed by atoms with E-state index in [1.165, 1.54) is 26.4 Å². The van der Waals surface area contributed by atoms with E-state index in [0.29, 0.717) is 6.61 Å². The highest BCUT2D eigenvalue weighted by Crippen LogP contribution is 2.36. The first-order chi connectivity index (χ1) is 8.88. The molecule has 1 aromatic carbocycles. The molecule has 1 atom stereocenters. The maximum absolute atomic E-state index is 12.8. The van der Waals surface area contributed by atoms with Gasteiger partial charge in [0.2, 0.25) is 0 Å². The number of nitrogens with two attached hydrogens (primary N) is 1. The Morgan fingerprint density at radius 2 is 2.00 bits per heavy atom. The number of anilines is 2. The molecule has 0 radical (unpaired) electrons. The molecule has 1 unspecified atom stereocenters. The number of hydrogen-bond acceptors (Lipinski definition) is 4. The van der Waals surface area contributed by atoms with Gasteiger partial charge in [0.15, 0.2) is 0 Å². The van der Waals surface area contributed by atoms with Gasteiger partial charge in [-0.15, -0.1) is 0 Å². The van der Waals surface area contributed by atoms with Gasteiger partial charge in [0.1, 0.15) is 0 Å². The van der Waals surface area contributed by atoms with Gasteiger partial charge < -0.3 is 20.5 Å². The van der Waals surface area contributed by atoms with Crippen molar-refractivity contribution in [3.63, 3.8) is 0 Å². The second kappa shape index (κ2) is 6.63. The van der Waals surface area contributed by atoms with Crippen LogP contribution in [0.3, 0.4) is 0 Å². The molecule has 0 aliphatic heterocycles. The third-order valence-corrected chi connectivity index (χ3v) is 2.56. The maximum atomic E-state index is 12.8. The number of benzene rings is 1. The van der Waals surface area contributed by atoms with Crippen molar-refractivity contribution < 1.29 is 22.6 Å². The Hall–Kier alpha value is -1.47. The minimum absolute atomic E-state index is 0.0279. The van der Waals surface area contributed by atoms with Crippen molar-refractivity contribution in [2.75, 3.05) is 38.4 Å². The minimum atomic E-state index is -4.46. The maximum Gasteiger partial charge on any atom is 0.418 e. The Morgan fingerprint density at radius 3 is 2.53 bits per heavy atom. The molecule has 0 spiro atoms. The Bertz CT molecular complexity index is 410. The molecule has 0 amide bonds. The van der Waals surface area contributed by atoms with E-state index in [0.717, 1.165) is 6.07 Å². The molecule has 0 saturated heterocycles. The lowest BCUT2D eigenvalue weighted by molar-refractivity contribution is -0.136. The first kappa shape index (κ1) is 15.6. The van der Waals surface area contributed by atoms with Gasteiger partial charge in [0, 0.05) is 32.1 Å². The molecular weight excluding hydrogens is 261 g/mol. The second-order valence-corrected chi connectivity index (χ2v) is 4.00. The fraction of sp³-hybridized carbons (Fsp3) is 0.500. The number of methoxy groups -OCH3 is 2. The third kappa shape index (κ3) is 4.60. The van der Waals surface area contributed by atoms with E-state index in [1.807, 2.05) is 0 Å². The zero-order valence-electron chi connectivity index (χ0n) is 10.8. The molecule has 0 saturated carbocycles. The lowest BCUT2D eigenvalue weighted by Gasteiger charge is -2.19. The number of rotatable bonds is 6. The highest BCUT2D eigenvalue weighted by atomic mass is 19.4. The highest BCUT2D eigenvalue weighted by Gasteiger charge is 2.33. The lowest BCUT2D eigenvalue weighted by atomic mass is 10.1. The van der Waals surface area contributed by atoms with E-state index in [4.69, 9.17) is 15.2 Å². The quantitative estimate of drug-likeness (QED) is 0.784. The van der Waals surface area contributed by atoms with Crippen molar-refractivity contribution in [1.29, 1.82) is 0 Å². The van der Waals surface area contributed by atoms with Gasteiger partial charge in [-0.2, -0.15) is 13.2 Å². The Balaban J connectivity index is 2.83. The topological polar surface area (TPSA) is 56.5 Å². The summed E-state index contributed by atoms with van der Waals surface area (Å²) in [6, 6.07) is 3.62. The first-order valence-corrected chi connectivity index (χ1v) is 5.60. The normalized spacial score (nSPS) is 13.3. The van der Waals surface area contributed by atoms with Crippen molar-refractivity contribution in [2.45, 2.75) is 12.3 Å². The predicted molar refractivity (Wildman–Crippen MR) is 67.0 cm³/mol. The first-order valence-electron chi connectivity index (χ1n) is 5.60. The largest absolute Gasteiger partial charge is 0.418 e. The van der Waals surface area contributed by atoms with E-state index >= 15 is 0 Å². The zero-order valence-corrected chi connectivity index (χ0v) is 10.8. The predicted octanol–water partition coefficient (Wildman–Crippen LogP) is 2.36. The van der Waals surface area contributed by atoms with Crippen LogP contribution in [0.1, 0.15) is 5.56 Å². The van der Waals surface area contributed by atoms with Gasteiger partial charge in [-0.25, -0.2) is 0 Å². The smallest absolute Gasteiger partial charge is 0.399 e. The molecule has 1 aromatic rings. The average Bonchev–Trinajstić information content (AvgIpc) is 2.34. The summed E-state index contributed by atoms with van der Waals surface area (Å²) in [5, 5.41) is 2.70. The van der Waals surface area contributed by atoms with E-state index in [1.54, 1.807) is 0 Å². The summed E-state index contributed by atoms with van der Waals surface area (Å²) in [6.45, 7) is 0.497. The molecule has 108 valence electrons. The third-order valence-electron chi connectivity index (χ3n) is 2.56. The Kier molecular flexibility index (Phi) is 5.44. The summed E-state index contributed by atoms with van der Waals surface area (Å²) in [4.78, 5) is 0. The monoisotopic (exact) mass is 278 g/mol. The Labute approximate surface area is 109 Å². The number of hydrogen-bond donors (Lipinski definition) is 2. The number of nitrogen functional groups attached to an aromatic ring is 1. The van der Waals surface area contributed by atoms with E-state index < -0.39 is 11.7 Å². The second-order valence-electron chi connectivity index (χ2n) is 4.00. The molecule has 1 rings (SSSR count). The van der Waals surface area contributed by atoms with Gasteiger partial charge >= 0.3 is 6.18 Å².